The van der Waals surface area contributed by atoms with E-state index in [-0.39, 0.29) is 32.1 Å². The zero-order valence-corrected chi connectivity index (χ0v) is 9.68. The Hall–Kier alpha value is -1.85. The lowest BCUT2D eigenvalue weighted by Crippen LogP contribution is -2.31. The van der Waals surface area contributed by atoms with Crippen LogP contribution in [-0.4, -0.2) is 49.0 Å². The molecule has 6 nitrogen and oxygen atoms in total. The maximum Gasteiger partial charge on any atom is 0.410 e. The van der Waals surface area contributed by atoms with E-state index in [1.54, 1.807) is 6.92 Å². The van der Waals surface area contributed by atoms with Crippen LogP contribution in [0.3, 0.4) is 0 Å². The van der Waals surface area contributed by atoms with Crippen molar-refractivity contribution < 1.29 is 23.9 Å². The van der Waals surface area contributed by atoms with Crippen molar-refractivity contribution in [2.75, 3.05) is 26.3 Å². The van der Waals surface area contributed by atoms with Gasteiger partial charge >= 0.3 is 12.1 Å². The van der Waals surface area contributed by atoms with E-state index in [1.807, 2.05) is 0 Å². The van der Waals surface area contributed by atoms with Crippen LogP contribution in [0.2, 0.25) is 0 Å². The third-order valence-electron chi connectivity index (χ3n) is 2.29. The Balaban J connectivity index is 2.54. The van der Waals surface area contributed by atoms with Crippen LogP contribution >= 0.6 is 0 Å². The van der Waals surface area contributed by atoms with Crippen LogP contribution < -0.4 is 0 Å². The number of carbonyl (C=O) groups is 3. The predicted molar refractivity (Wildman–Crippen MR) is 58.2 cm³/mol. The van der Waals surface area contributed by atoms with Crippen LogP contribution in [-0.2, 0) is 19.1 Å². The van der Waals surface area contributed by atoms with Gasteiger partial charge in [-0.3, -0.25) is 14.5 Å². The number of ketones is 1. The molecule has 17 heavy (non-hydrogen) atoms. The van der Waals surface area contributed by atoms with Crippen molar-refractivity contribution in [3.63, 3.8) is 0 Å². The minimum atomic E-state index is -0.883. The molecule has 1 heterocycles. The summed E-state index contributed by atoms with van der Waals surface area (Å²) in [5.41, 5.74) is 0. The van der Waals surface area contributed by atoms with Gasteiger partial charge < -0.3 is 9.47 Å². The number of carbonyl (C=O) groups excluding carboxylic acids is 3. The zero-order valence-electron chi connectivity index (χ0n) is 9.68. The molecule has 0 aromatic heterocycles. The number of rotatable bonds is 4. The number of hydrogen-bond donors (Lipinski definition) is 0. The van der Waals surface area contributed by atoms with E-state index >= 15 is 0 Å². The molecular formula is C11H15NO5. The average molecular weight is 241 g/mol. The number of amides is 1. The molecule has 0 saturated carbocycles. The summed E-state index contributed by atoms with van der Waals surface area (Å²) in [6.45, 7) is 5.26. The van der Waals surface area contributed by atoms with E-state index in [4.69, 9.17) is 9.47 Å². The van der Waals surface area contributed by atoms with Gasteiger partial charge in [-0.2, -0.15) is 0 Å². The number of ether oxygens (including phenoxy) is 2. The fourth-order valence-electron chi connectivity index (χ4n) is 1.49. The van der Waals surface area contributed by atoms with Gasteiger partial charge in [-0.15, -0.1) is 0 Å². The largest absolute Gasteiger partial charge is 0.465 e. The van der Waals surface area contributed by atoms with Crippen molar-refractivity contribution in [1.29, 1.82) is 0 Å². The Bertz CT molecular complexity index is 339. The predicted octanol–water partition coefficient (Wildman–Crippen LogP) is 0.373. The summed E-state index contributed by atoms with van der Waals surface area (Å²) in [5.74, 6) is -1.79. The molecule has 6 heteroatoms. The monoisotopic (exact) mass is 241 g/mol. The minimum Gasteiger partial charge on any atom is -0.465 e. The maximum absolute atomic E-state index is 11.5. The van der Waals surface area contributed by atoms with Gasteiger partial charge in [0.25, 0.3) is 0 Å². The minimum absolute atomic E-state index is 0.0215. The normalized spacial score (nSPS) is 19.0. The van der Waals surface area contributed by atoms with Gasteiger partial charge in [0.1, 0.15) is 12.5 Å². The highest BCUT2D eigenvalue weighted by Gasteiger charge is 2.39. The first kappa shape index (κ1) is 13.2. The highest BCUT2D eigenvalue weighted by atomic mass is 16.6. The number of likely N-dealkylation sites (tertiary alicyclic amines) is 1. The zero-order chi connectivity index (χ0) is 12.8. The van der Waals surface area contributed by atoms with Gasteiger partial charge in [0, 0.05) is 6.54 Å². The Labute approximate surface area is 99.2 Å². The van der Waals surface area contributed by atoms with Crippen molar-refractivity contribution in [3.8, 4) is 0 Å². The molecule has 94 valence electrons. The van der Waals surface area contributed by atoms with Gasteiger partial charge in [0.15, 0.2) is 5.78 Å². The van der Waals surface area contributed by atoms with E-state index in [1.165, 1.54) is 11.0 Å². The molecule has 1 fully saturated rings. The van der Waals surface area contributed by atoms with Crippen molar-refractivity contribution in [2.24, 2.45) is 5.92 Å². The second-order valence-electron chi connectivity index (χ2n) is 3.52. The highest BCUT2D eigenvalue weighted by molar-refractivity contribution is 6.03. The summed E-state index contributed by atoms with van der Waals surface area (Å²) in [5, 5.41) is 0. The fourth-order valence-corrected chi connectivity index (χ4v) is 1.49. The van der Waals surface area contributed by atoms with E-state index < -0.39 is 18.0 Å². The first-order valence-electron chi connectivity index (χ1n) is 5.32. The lowest BCUT2D eigenvalue weighted by atomic mass is 10.1. The van der Waals surface area contributed by atoms with Gasteiger partial charge in [0.2, 0.25) is 0 Å². The van der Waals surface area contributed by atoms with Crippen molar-refractivity contribution in [1.82, 2.24) is 4.90 Å². The third-order valence-corrected chi connectivity index (χ3v) is 2.29. The summed E-state index contributed by atoms with van der Waals surface area (Å²) in [6.07, 6.45) is 0.809. The van der Waals surface area contributed by atoms with Crippen LogP contribution in [0.1, 0.15) is 6.92 Å². The quantitative estimate of drug-likeness (QED) is 0.404. The Morgan fingerprint density at radius 1 is 1.53 bits per heavy atom. The lowest BCUT2D eigenvalue weighted by molar-refractivity contribution is -0.149. The van der Waals surface area contributed by atoms with E-state index in [0.29, 0.717) is 0 Å². The molecule has 0 radical (unpaired) electrons. The number of Topliss-reactive ketones (excluding diaryl/α,β-unsaturated/α-hetero) is 1. The molecule has 1 aliphatic heterocycles. The molecule has 0 N–H and O–H groups in total. The summed E-state index contributed by atoms with van der Waals surface area (Å²) < 4.78 is 9.53. The number of nitrogens with zero attached hydrogens (tertiary/aromatic N) is 1. The molecule has 1 saturated heterocycles. The molecule has 1 atom stereocenters. The molecular weight excluding hydrogens is 226 g/mol. The molecule has 1 unspecified atom stereocenters. The molecule has 0 bridgehead atoms. The molecule has 0 spiro atoms. The Morgan fingerprint density at radius 2 is 2.24 bits per heavy atom. The van der Waals surface area contributed by atoms with Gasteiger partial charge in [-0.05, 0) is 6.92 Å². The topological polar surface area (TPSA) is 72.9 Å². The molecule has 1 rings (SSSR count). The van der Waals surface area contributed by atoms with Crippen LogP contribution in [0.15, 0.2) is 12.7 Å². The summed E-state index contributed by atoms with van der Waals surface area (Å²) in [4.78, 5) is 35.5. The highest BCUT2D eigenvalue weighted by Crippen LogP contribution is 2.15. The van der Waals surface area contributed by atoms with E-state index in [9.17, 15) is 14.4 Å². The smallest absolute Gasteiger partial charge is 0.410 e. The molecule has 0 aromatic carbocycles. The summed E-state index contributed by atoms with van der Waals surface area (Å²) in [6, 6.07) is 0. The lowest BCUT2D eigenvalue weighted by Gasteiger charge is -2.14. The van der Waals surface area contributed by atoms with Crippen molar-refractivity contribution in [2.45, 2.75) is 6.92 Å². The SMILES string of the molecule is C=CCOC(=O)N1CC(=O)C(C(=O)OCC)C1. The second kappa shape index (κ2) is 6.03. The standard InChI is InChI=1S/C11H15NO5/c1-3-5-17-11(15)12-6-8(9(13)7-12)10(14)16-4-2/h3,8H,1,4-7H2,2H3. The van der Waals surface area contributed by atoms with Gasteiger partial charge in [-0.1, -0.05) is 12.7 Å². The average Bonchev–Trinajstić information content (AvgIpc) is 2.68. The molecule has 1 amide bonds. The molecule has 1 aliphatic rings. The fraction of sp³-hybridized carbons (Fsp3) is 0.545. The second-order valence-corrected chi connectivity index (χ2v) is 3.52. The molecule has 0 aliphatic carbocycles. The van der Waals surface area contributed by atoms with Crippen LogP contribution in [0.4, 0.5) is 4.79 Å². The van der Waals surface area contributed by atoms with Crippen LogP contribution in [0.5, 0.6) is 0 Å². The summed E-state index contributed by atoms with van der Waals surface area (Å²) in [7, 11) is 0. The van der Waals surface area contributed by atoms with Crippen molar-refractivity contribution >= 4 is 17.8 Å². The first-order chi connectivity index (χ1) is 8.10. The first-order valence-corrected chi connectivity index (χ1v) is 5.32. The van der Waals surface area contributed by atoms with E-state index in [2.05, 4.69) is 6.58 Å². The van der Waals surface area contributed by atoms with Crippen molar-refractivity contribution in [3.05, 3.63) is 12.7 Å². The Morgan fingerprint density at radius 3 is 2.82 bits per heavy atom. The maximum atomic E-state index is 11.5. The van der Waals surface area contributed by atoms with Crippen LogP contribution in [0, 0.1) is 5.92 Å². The number of esters is 1. The number of hydrogen-bond acceptors (Lipinski definition) is 5. The van der Waals surface area contributed by atoms with Gasteiger partial charge in [0.05, 0.1) is 13.2 Å². The third kappa shape index (κ3) is 3.30. The molecule has 0 aromatic rings. The van der Waals surface area contributed by atoms with E-state index in [0.717, 1.165) is 0 Å². The Kier molecular flexibility index (Phi) is 4.68. The summed E-state index contributed by atoms with van der Waals surface area (Å²) >= 11 is 0. The van der Waals surface area contributed by atoms with Crippen LogP contribution in [0.25, 0.3) is 0 Å². The van der Waals surface area contributed by atoms with Gasteiger partial charge in [-0.25, -0.2) is 4.79 Å².